The van der Waals surface area contributed by atoms with Crippen LogP contribution in [-0.4, -0.2) is 33.1 Å². The molecular formula is C18H13N5O3S2. The van der Waals surface area contributed by atoms with Crippen LogP contribution in [0.3, 0.4) is 0 Å². The predicted molar refractivity (Wildman–Crippen MR) is 107 cm³/mol. The Hall–Kier alpha value is -3.37. The summed E-state index contributed by atoms with van der Waals surface area (Å²) in [5.41, 5.74) is 1.56. The second-order valence-corrected chi connectivity index (χ2v) is 8.71. The normalized spacial score (nSPS) is 12.0. The van der Waals surface area contributed by atoms with Gasteiger partial charge in [-0.15, -0.1) is 16.4 Å². The van der Waals surface area contributed by atoms with Crippen LogP contribution in [0.2, 0.25) is 0 Å². The average molecular weight is 411 g/mol. The highest BCUT2D eigenvalue weighted by molar-refractivity contribution is 7.93. The Morgan fingerprint density at radius 1 is 1.14 bits per heavy atom. The van der Waals surface area contributed by atoms with Crippen LogP contribution in [0.5, 0.6) is 5.88 Å². The van der Waals surface area contributed by atoms with Crippen LogP contribution in [0.4, 0.5) is 5.00 Å². The molecule has 0 saturated carbocycles. The van der Waals surface area contributed by atoms with Gasteiger partial charge in [-0.3, -0.25) is 4.72 Å². The number of fused-ring (bicyclic) bond motifs is 2. The molecule has 0 unspecified atom stereocenters. The summed E-state index contributed by atoms with van der Waals surface area (Å²) in [7, 11) is -3.77. The molecule has 140 valence electrons. The van der Waals surface area contributed by atoms with Crippen molar-refractivity contribution in [3.63, 3.8) is 0 Å². The first kappa shape index (κ1) is 16.8. The number of nitrogens with one attached hydrogen (secondary N) is 2. The van der Waals surface area contributed by atoms with E-state index in [0.29, 0.717) is 32.9 Å². The number of hydrogen-bond donors (Lipinski definition) is 3. The number of benzene rings is 1. The van der Waals surface area contributed by atoms with Crippen molar-refractivity contribution in [1.82, 2.24) is 19.6 Å². The van der Waals surface area contributed by atoms with E-state index in [-0.39, 0.29) is 10.8 Å². The maximum atomic E-state index is 12.7. The monoisotopic (exact) mass is 411 g/mol. The van der Waals surface area contributed by atoms with E-state index >= 15 is 0 Å². The predicted octanol–water partition coefficient (Wildman–Crippen LogP) is 3.45. The van der Waals surface area contributed by atoms with Gasteiger partial charge < -0.3 is 10.1 Å². The number of aromatic amines is 1. The summed E-state index contributed by atoms with van der Waals surface area (Å²) in [6, 6.07) is 13.5. The van der Waals surface area contributed by atoms with E-state index in [1.165, 1.54) is 23.5 Å². The number of aromatic hydroxyl groups is 1. The van der Waals surface area contributed by atoms with E-state index in [2.05, 4.69) is 19.8 Å². The zero-order valence-corrected chi connectivity index (χ0v) is 15.8. The Balaban J connectivity index is 1.66. The lowest BCUT2D eigenvalue weighted by Crippen LogP contribution is -2.11. The summed E-state index contributed by atoms with van der Waals surface area (Å²) in [5.74, 6) is 0.183. The molecule has 8 nitrogen and oxygen atoms in total. The van der Waals surface area contributed by atoms with Gasteiger partial charge in [0, 0.05) is 17.1 Å². The van der Waals surface area contributed by atoms with Gasteiger partial charge in [-0.05, 0) is 47.8 Å². The quantitative estimate of drug-likeness (QED) is 0.419. The molecule has 0 saturated heterocycles. The third-order valence-electron chi connectivity index (χ3n) is 4.28. The van der Waals surface area contributed by atoms with Crippen LogP contribution in [-0.2, 0) is 10.0 Å². The molecule has 0 aliphatic carbocycles. The lowest BCUT2D eigenvalue weighted by molar-refractivity contribution is 0.460. The molecule has 3 N–H and O–H groups in total. The number of rotatable bonds is 4. The Morgan fingerprint density at radius 2 is 2.04 bits per heavy atom. The maximum Gasteiger partial charge on any atom is 0.262 e. The highest BCUT2D eigenvalue weighted by Gasteiger charge is 2.21. The first-order chi connectivity index (χ1) is 13.5. The van der Waals surface area contributed by atoms with Crippen molar-refractivity contribution >= 4 is 42.9 Å². The van der Waals surface area contributed by atoms with Crippen molar-refractivity contribution in [3.05, 3.63) is 60.1 Å². The number of nitrogens with zero attached hydrogens (tertiary/aromatic N) is 3. The van der Waals surface area contributed by atoms with Gasteiger partial charge >= 0.3 is 0 Å². The molecule has 5 aromatic rings. The zero-order chi connectivity index (χ0) is 19.3. The number of pyridine rings is 1. The lowest BCUT2D eigenvalue weighted by Gasteiger charge is -2.06. The Kier molecular flexibility index (Phi) is 3.64. The van der Waals surface area contributed by atoms with Crippen LogP contribution in [0.15, 0.2) is 65.0 Å². The van der Waals surface area contributed by atoms with E-state index in [4.69, 9.17) is 0 Å². The third kappa shape index (κ3) is 2.70. The molecule has 0 atom stereocenters. The summed E-state index contributed by atoms with van der Waals surface area (Å²) in [6.45, 7) is 0. The standard InChI is InChI=1S/C18H13N5O3S2/c24-18-16(17-20-14-4-1-2-8-23(14)21-17)12-10-11(6-7-13(12)19-18)28(25,26)22-15-5-3-9-27-15/h1-10,19,22,24H. The van der Waals surface area contributed by atoms with Crippen molar-refractivity contribution in [1.29, 1.82) is 0 Å². The van der Waals surface area contributed by atoms with Gasteiger partial charge in [0.1, 0.15) is 5.00 Å². The Labute approximate surface area is 163 Å². The number of anilines is 1. The number of sulfonamides is 1. The molecule has 0 aliphatic rings. The zero-order valence-electron chi connectivity index (χ0n) is 14.2. The number of H-pyrrole nitrogens is 1. The Morgan fingerprint density at radius 3 is 2.82 bits per heavy atom. The van der Waals surface area contributed by atoms with Crippen molar-refractivity contribution in [2.75, 3.05) is 4.72 Å². The van der Waals surface area contributed by atoms with Gasteiger partial charge in [0.15, 0.2) is 11.5 Å². The van der Waals surface area contributed by atoms with Crippen molar-refractivity contribution < 1.29 is 13.5 Å². The minimum atomic E-state index is -3.77. The average Bonchev–Trinajstić information content (AvgIpc) is 3.37. The Bertz CT molecular complexity index is 1390. The maximum absolute atomic E-state index is 12.7. The van der Waals surface area contributed by atoms with E-state index < -0.39 is 10.0 Å². The molecule has 4 aromatic heterocycles. The smallest absolute Gasteiger partial charge is 0.262 e. The summed E-state index contributed by atoms with van der Waals surface area (Å²) in [6.07, 6.45) is 1.75. The van der Waals surface area contributed by atoms with Crippen LogP contribution in [0.25, 0.3) is 27.9 Å². The second-order valence-electron chi connectivity index (χ2n) is 6.08. The molecule has 0 radical (unpaired) electrons. The van der Waals surface area contributed by atoms with Gasteiger partial charge in [0.05, 0.1) is 10.5 Å². The van der Waals surface area contributed by atoms with Crippen LogP contribution in [0, 0.1) is 0 Å². The molecule has 0 bridgehead atoms. The topological polar surface area (TPSA) is 112 Å². The van der Waals surface area contributed by atoms with E-state index in [9.17, 15) is 13.5 Å². The van der Waals surface area contributed by atoms with Crippen molar-refractivity contribution in [2.24, 2.45) is 0 Å². The van der Waals surface area contributed by atoms with Crippen molar-refractivity contribution in [3.8, 4) is 17.3 Å². The van der Waals surface area contributed by atoms with Crippen LogP contribution < -0.4 is 4.72 Å². The summed E-state index contributed by atoms with van der Waals surface area (Å²) >= 11 is 1.30. The highest BCUT2D eigenvalue weighted by Crippen LogP contribution is 2.36. The van der Waals surface area contributed by atoms with Gasteiger partial charge in [-0.25, -0.2) is 17.9 Å². The summed E-state index contributed by atoms with van der Waals surface area (Å²) in [5, 5.41) is 17.6. The van der Waals surface area contributed by atoms with E-state index in [0.717, 1.165) is 0 Å². The van der Waals surface area contributed by atoms with E-state index in [1.54, 1.807) is 40.4 Å². The first-order valence-corrected chi connectivity index (χ1v) is 10.6. The summed E-state index contributed by atoms with van der Waals surface area (Å²) in [4.78, 5) is 7.36. The molecule has 28 heavy (non-hydrogen) atoms. The largest absolute Gasteiger partial charge is 0.494 e. The molecule has 0 aliphatic heterocycles. The molecule has 10 heteroatoms. The number of aromatic nitrogens is 4. The third-order valence-corrected chi connectivity index (χ3v) is 6.56. The molecule has 0 spiro atoms. The molecular weight excluding hydrogens is 398 g/mol. The minimum absolute atomic E-state index is 0.0809. The fourth-order valence-corrected chi connectivity index (χ4v) is 4.97. The summed E-state index contributed by atoms with van der Waals surface area (Å²) < 4.78 is 29.6. The fourth-order valence-electron chi connectivity index (χ4n) is 3.02. The first-order valence-electron chi connectivity index (χ1n) is 8.24. The van der Waals surface area contributed by atoms with Gasteiger partial charge in [0.2, 0.25) is 5.88 Å². The fraction of sp³-hybridized carbons (Fsp3) is 0. The minimum Gasteiger partial charge on any atom is -0.494 e. The molecule has 5 rings (SSSR count). The van der Waals surface area contributed by atoms with Gasteiger partial charge in [0.25, 0.3) is 10.0 Å². The van der Waals surface area contributed by atoms with Gasteiger partial charge in [-0.2, -0.15) is 0 Å². The van der Waals surface area contributed by atoms with Crippen LogP contribution >= 0.6 is 11.3 Å². The van der Waals surface area contributed by atoms with E-state index in [1.807, 2.05) is 12.1 Å². The second kappa shape index (κ2) is 6.08. The number of hydrogen-bond acceptors (Lipinski definition) is 6. The van der Waals surface area contributed by atoms with Crippen LogP contribution in [0.1, 0.15) is 0 Å². The van der Waals surface area contributed by atoms with Crippen molar-refractivity contribution in [2.45, 2.75) is 4.90 Å². The molecule has 0 amide bonds. The highest BCUT2D eigenvalue weighted by atomic mass is 32.2. The number of thiophene rings is 1. The molecule has 4 heterocycles. The van der Waals surface area contributed by atoms with Gasteiger partial charge in [-0.1, -0.05) is 6.07 Å². The molecule has 1 aromatic carbocycles. The molecule has 0 fully saturated rings. The lowest BCUT2D eigenvalue weighted by atomic mass is 10.1. The SMILES string of the molecule is O=S(=O)(Nc1cccs1)c1ccc2[nH]c(O)c(-c3nc4ccccn4n3)c2c1.